The maximum absolute atomic E-state index is 11.1. The second kappa shape index (κ2) is 4.61. The van der Waals surface area contributed by atoms with E-state index in [-0.39, 0.29) is 5.84 Å². The van der Waals surface area contributed by atoms with Crippen molar-refractivity contribution in [3.05, 3.63) is 0 Å². The lowest BCUT2D eigenvalue weighted by Crippen LogP contribution is -2.35. The fraction of sp³-hybridized carbons (Fsp3) is 0.750. The van der Waals surface area contributed by atoms with Crippen molar-refractivity contribution in [3.8, 4) is 0 Å². The summed E-state index contributed by atoms with van der Waals surface area (Å²) in [5, 5.41) is 2.20. The molecule has 0 atom stereocenters. The van der Waals surface area contributed by atoms with Crippen LogP contribution in [-0.4, -0.2) is 32.2 Å². The second-order valence-electron chi connectivity index (χ2n) is 4.04. The minimum Gasteiger partial charge on any atom is -0.444 e. The Labute approximate surface area is 89.8 Å². The van der Waals surface area contributed by atoms with E-state index in [4.69, 9.17) is 4.74 Å². The number of alkyl carbamates (subject to hydrolysis) is 1. The fourth-order valence-electron chi connectivity index (χ4n) is 0.723. The Balaban J connectivity index is 4.39. The Morgan fingerprint density at radius 1 is 1.33 bits per heavy atom. The highest BCUT2D eigenvalue weighted by Crippen LogP contribution is 2.06. The summed E-state index contributed by atoms with van der Waals surface area (Å²) in [5.41, 5.74) is -0.630. The smallest absolute Gasteiger partial charge is 0.413 e. The van der Waals surface area contributed by atoms with Gasteiger partial charge in [-0.3, -0.25) is 5.32 Å². The van der Waals surface area contributed by atoms with E-state index in [2.05, 4.69) is 9.71 Å². The number of sulfonamides is 1. The van der Waals surface area contributed by atoms with Crippen molar-refractivity contribution < 1.29 is 17.9 Å². The number of hydrogen-bond acceptors (Lipinski definition) is 4. The van der Waals surface area contributed by atoms with E-state index in [0.717, 1.165) is 6.26 Å². The Bertz CT molecular complexity index is 365. The van der Waals surface area contributed by atoms with Crippen molar-refractivity contribution in [1.82, 2.24) is 5.32 Å². The number of amidine groups is 1. The van der Waals surface area contributed by atoms with Gasteiger partial charge in [-0.05, 0) is 27.7 Å². The molecule has 6 nitrogen and oxygen atoms in total. The van der Waals surface area contributed by atoms with E-state index in [0.29, 0.717) is 0 Å². The van der Waals surface area contributed by atoms with Crippen LogP contribution < -0.4 is 5.32 Å². The van der Waals surface area contributed by atoms with Gasteiger partial charge in [0.25, 0.3) is 10.0 Å². The van der Waals surface area contributed by atoms with Crippen LogP contribution >= 0.6 is 0 Å². The molecular formula is C8H16N2O4S. The summed E-state index contributed by atoms with van der Waals surface area (Å²) in [7, 11) is -3.49. The summed E-state index contributed by atoms with van der Waals surface area (Å²) < 4.78 is 29.6. The molecule has 0 unspecified atom stereocenters. The monoisotopic (exact) mass is 236 g/mol. The first-order valence-electron chi connectivity index (χ1n) is 4.26. The molecule has 7 heteroatoms. The zero-order valence-electron chi connectivity index (χ0n) is 9.49. The lowest BCUT2D eigenvalue weighted by Gasteiger charge is -2.19. The van der Waals surface area contributed by atoms with Gasteiger partial charge < -0.3 is 4.74 Å². The van der Waals surface area contributed by atoms with Gasteiger partial charge in [-0.15, -0.1) is 0 Å². The third-order valence-corrected chi connectivity index (χ3v) is 1.59. The van der Waals surface area contributed by atoms with Gasteiger partial charge in [-0.2, -0.15) is 4.40 Å². The molecule has 0 bridgehead atoms. The number of rotatable bonds is 1. The minimum atomic E-state index is -3.49. The molecule has 15 heavy (non-hydrogen) atoms. The van der Waals surface area contributed by atoms with Gasteiger partial charge in [0.05, 0.1) is 6.26 Å². The summed E-state index contributed by atoms with van der Waals surface area (Å²) in [4.78, 5) is 11.1. The van der Waals surface area contributed by atoms with Crippen LogP contribution in [0.15, 0.2) is 4.40 Å². The first-order chi connectivity index (χ1) is 6.49. The van der Waals surface area contributed by atoms with Crippen molar-refractivity contribution in [2.75, 3.05) is 6.26 Å². The summed E-state index contributed by atoms with van der Waals surface area (Å²) >= 11 is 0. The van der Waals surface area contributed by atoms with Gasteiger partial charge in [0, 0.05) is 0 Å². The number of hydrogen-bond donors (Lipinski definition) is 1. The predicted molar refractivity (Wildman–Crippen MR) is 57.3 cm³/mol. The molecule has 88 valence electrons. The number of ether oxygens (including phenoxy) is 1. The maximum atomic E-state index is 11.1. The number of amides is 1. The second-order valence-corrected chi connectivity index (χ2v) is 5.69. The molecule has 0 rings (SSSR count). The number of carbonyl (C=O) groups is 1. The molecule has 0 spiro atoms. The highest BCUT2D eigenvalue weighted by Gasteiger charge is 2.16. The molecule has 0 aromatic rings. The van der Waals surface area contributed by atoms with E-state index in [9.17, 15) is 13.2 Å². The topological polar surface area (TPSA) is 84.8 Å². The molecule has 0 radical (unpaired) electrons. The summed E-state index contributed by atoms with van der Waals surface area (Å²) in [5.74, 6) is -0.0215. The van der Waals surface area contributed by atoms with Gasteiger partial charge >= 0.3 is 6.09 Å². The molecule has 0 heterocycles. The molecule has 0 aliphatic rings. The molecular weight excluding hydrogens is 220 g/mol. The number of nitrogens with zero attached hydrogens (tertiary/aromatic N) is 1. The van der Waals surface area contributed by atoms with E-state index in [1.54, 1.807) is 20.8 Å². The van der Waals surface area contributed by atoms with E-state index < -0.39 is 21.7 Å². The van der Waals surface area contributed by atoms with Crippen LogP contribution in [0.4, 0.5) is 4.79 Å². The quantitative estimate of drug-likeness (QED) is 0.541. The lowest BCUT2D eigenvalue weighted by atomic mass is 10.2. The molecule has 0 aromatic heterocycles. The SMILES string of the molecule is CC(=NS(C)(=O)=O)NC(=O)OC(C)(C)C. The fourth-order valence-corrected chi connectivity index (χ4v) is 1.27. The van der Waals surface area contributed by atoms with Crippen LogP contribution in [-0.2, 0) is 14.8 Å². The third-order valence-electron chi connectivity index (χ3n) is 0.985. The van der Waals surface area contributed by atoms with Crippen molar-refractivity contribution in [3.63, 3.8) is 0 Å². The Kier molecular flexibility index (Phi) is 4.27. The van der Waals surface area contributed by atoms with E-state index >= 15 is 0 Å². The third kappa shape index (κ3) is 9.20. The molecule has 1 N–H and O–H groups in total. The van der Waals surface area contributed by atoms with Gasteiger partial charge in [0.2, 0.25) is 0 Å². The van der Waals surface area contributed by atoms with Crippen LogP contribution in [0.1, 0.15) is 27.7 Å². The van der Waals surface area contributed by atoms with Crippen LogP contribution in [0.5, 0.6) is 0 Å². The van der Waals surface area contributed by atoms with Crippen molar-refractivity contribution >= 4 is 22.0 Å². The molecule has 0 saturated heterocycles. The average Bonchev–Trinajstić information content (AvgIpc) is 1.73. The highest BCUT2D eigenvalue weighted by molar-refractivity contribution is 7.89. The van der Waals surface area contributed by atoms with Crippen LogP contribution in [0.2, 0.25) is 0 Å². The maximum Gasteiger partial charge on any atom is 0.413 e. The van der Waals surface area contributed by atoms with E-state index in [1.807, 2.05) is 0 Å². The van der Waals surface area contributed by atoms with Crippen molar-refractivity contribution in [1.29, 1.82) is 0 Å². The summed E-state index contributed by atoms with van der Waals surface area (Å²) in [6.45, 7) is 6.48. The number of nitrogens with one attached hydrogen (secondary N) is 1. The zero-order valence-corrected chi connectivity index (χ0v) is 10.3. The highest BCUT2D eigenvalue weighted by atomic mass is 32.2. The molecule has 1 amide bonds. The van der Waals surface area contributed by atoms with Crippen molar-refractivity contribution in [2.24, 2.45) is 4.40 Å². The average molecular weight is 236 g/mol. The lowest BCUT2D eigenvalue weighted by molar-refractivity contribution is 0.0563. The molecule has 0 saturated carbocycles. The van der Waals surface area contributed by atoms with Crippen LogP contribution in [0, 0.1) is 0 Å². The Morgan fingerprint density at radius 2 is 1.80 bits per heavy atom. The number of carbonyl (C=O) groups excluding carboxylic acids is 1. The first kappa shape index (κ1) is 13.9. The zero-order chi connectivity index (χ0) is 12.3. The standard InChI is InChI=1S/C8H16N2O4S/c1-6(10-15(5,12)13)9-7(11)14-8(2,3)4/h1-5H3,(H,9,10,11). The van der Waals surface area contributed by atoms with Crippen LogP contribution in [0.3, 0.4) is 0 Å². The molecule has 0 aromatic carbocycles. The molecule has 0 fully saturated rings. The first-order valence-corrected chi connectivity index (χ1v) is 6.11. The van der Waals surface area contributed by atoms with Gasteiger partial charge in [0.1, 0.15) is 11.4 Å². The normalized spacial score (nSPS) is 13.5. The predicted octanol–water partition coefficient (Wildman–Crippen LogP) is 0.889. The summed E-state index contributed by atoms with van der Waals surface area (Å²) in [6, 6.07) is 0. The molecule has 0 aliphatic heterocycles. The van der Waals surface area contributed by atoms with Gasteiger partial charge in [-0.25, -0.2) is 13.2 Å². The largest absolute Gasteiger partial charge is 0.444 e. The molecule has 0 aliphatic carbocycles. The van der Waals surface area contributed by atoms with Crippen molar-refractivity contribution in [2.45, 2.75) is 33.3 Å². The Morgan fingerprint density at radius 3 is 2.13 bits per heavy atom. The summed E-state index contributed by atoms with van der Waals surface area (Å²) in [6.07, 6.45) is 0.209. The minimum absolute atomic E-state index is 0.0215. The van der Waals surface area contributed by atoms with Crippen LogP contribution in [0.25, 0.3) is 0 Å². The van der Waals surface area contributed by atoms with E-state index in [1.165, 1.54) is 6.92 Å². The van der Waals surface area contributed by atoms with Gasteiger partial charge in [0.15, 0.2) is 0 Å². The Hall–Kier alpha value is -1.11. The van der Waals surface area contributed by atoms with Gasteiger partial charge in [-0.1, -0.05) is 0 Å².